The number of hydrogen-bond donors (Lipinski definition) is 2. The Morgan fingerprint density at radius 2 is 1.86 bits per heavy atom. The molecule has 0 fully saturated rings. The molecule has 1 heterocycles. The second-order valence-corrected chi connectivity index (χ2v) is 5.34. The fourth-order valence-corrected chi connectivity index (χ4v) is 2.61. The second-order valence-electron chi connectivity index (χ2n) is 5.34. The number of carbonyl (C=O) groups excluding carboxylic acids is 1. The summed E-state index contributed by atoms with van der Waals surface area (Å²) in [6.07, 6.45) is 0. The molecule has 0 aliphatic heterocycles. The lowest BCUT2D eigenvalue weighted by Crippen LogP contribution is -2.23. The number of hydrogen-bond acceptors (Lipinski definition) is 1. The molecule has 3 heteroatoms. The monoisotopic (exact) mass is 278 g/mol. The summed E-state index contributed by atoms with van der Waals surface area (Å²) in [5.74, 6) is -0.0357. The summed E-state index contributed by atoms with van der Waals surface area (Å²) in [5.41, 5.74) is 4.93. The Balaban J connectivity index is 1.86. The van der Waals surface area contributed by atoms with Gasteiger partial charge in [0.1, 0.15) is 0 Å². The number of carbonyl (C=O) groups is 1. The number of nitrogens with one attached hydrogen (secondary N) is 2. The number of rotatable bonds is 3. The summed E-state index contributed by atoms with van der Waals surface area (Å²) >= 11 is 0. The van der Waals surface area contributed by atoms with E-state index >= 15 is 0 Å². The standard InChI is InChI=1S/C18H18N2O/c1-12-8-9-15-16(10-12)20-13(2)17(15)18(21)19-11-14-6-4-3-5-7-14/h3-10,20H,11H2,1-2H3,(H,19,21). The summed E-state index contributed by atoms with van der Waals surface area (Å²) in [6, 6.07) is 16.0. The summed E-state index contributed by atoms with van der Waals surface area (Å²) in [7, 11) is 0. The van der Waals surface area contributed by atoms with E-state index in [1.165, 1.54) is 5.56 Å². The molecule has 2 N–H and O–H groups in total. The first-order valence-corrected chi connectivity index (χ1v) is 7.06. The van der Waals surface area contributed by atoms with Crippen molar-refractivity contribution in [2.45, 2.75) is 20.4 Å². The summed E-state index contributed by atoms with van der Waals surface area (Å²) < 4.78 is 0. The first-order valence-electron chi connectivity index (χ1n) is 7.06. The molecule has 3 rings (SSSR count). The van der Waals surface area contributed by atoms with Crippen molar-refractivity contribution in [3.8, 4) is 0 Å². The van der Waals surface area contributed by atoms with Gasteiger partial charge >= 0.3 is 0 Å². The third kappa shape index (κ3) is 2.68. The Morgan fingerprint density at radius 1 is 1.10 bits per heavy atom. The molecule has 1 amide bonds. The van der Waals surface area contributed by atoms with E-state index in [-0.39, 0.29) is 5.91 Å². The van der Waals surface area contributed by atoms with E-state index in [0.29, 0.717) is 6.54 Å². The Labute approximate surface area is 124 Å². The maximum absolute atomic E-state index is 12.5. The smallest absolute Gasteiger partial charge is 0.253 e. The molecule has 0 saturated carbocycles. The van der Waals surface area contributed by atoms with Crippen LogP contribution in [-0.4, -0.2) is 10.9 Å². The van der Waals surface area contributed by atoms with Crippen LogP contribution < -0.4 is 5.32 Å². The molecule has 0 saturated heterocycles. The molecule has 106 valence electrons. The summed E-state index contributed by atoms with van der Waals surface area (Å²) in [4.78, 5) is 15.8. The zero-order chi connectivity index (χ0) is 14.8. The Hall–Kier alpha value is -2.55. The van der Waals surface area contributed by atoms with Gasteiger partial charge in [0.05, 0.1) is 5.56 Å². The van der Waals surface area contributed by atoms with Crippen LogP contribution in [0, 0.1) is 13.8 Å². The highest BCUT2D eigenvalue weighted by Crippen LogP contribution is 2.23. The van der Waals surface area contributed by atoms with Crippen molar-refractivity contribution in [2.24, 2.45) is 0 Å². The molecule has 0 unspecified atom stereocenters. The van der Waals surface area contributed by atoms with Gasteiger partial charge in [-0.25, -0.2) is 0 Å². The van der Waals surface area contributed by atoms with Gasteiger partial charge in [0.15, 0.2) is 0 Å². The van der Waals surface area contributed by atoms with Crippen molar-refractivity contribution in [1.29, 1.82) is 0 Å². The van der Waals surface area contributed by atoms with Gasteiger partial charge in [0.25, 0.3) is 5.91 Å². The maximum atomic E-state index is 12.5. The number of amides is 1. The molecule has 0 spiro atoms. The van der Waals surface area contributed by atoms with Crippen molar-refractivity contribution in [2.75, 3.05) is 0 Å². The number of aromatic amines is 1. The van der Waals surface area contributed by atoms with E-state index in [1.807, 2.05) is 56.3 Å². The van der Waals surface area contributed by atoms with Crippen LogP contribution in [0.1, 0.15) is 27.2 Å². The molecule has 21 heavy (non-hydrogen) atoms. The van der Waals surface area contributed by atoms with Crippen LogP contribution in [0.25, 0.3) is 10.9 Å². The van der Waals surface area contributed by atoms with Crippen LogP contribution in [0.15, 0.2) is 48.5 Å². The molecule has 0 radical (unpaired) electrons. The number of aromatic nitrogens is 1. The largest absolute Gasteiger partial charge is 0.358 e. The minimum Gasteiger partial charge on any atom is -0.358 e. The van der Waals surface area contributed by atoms with Crippen LogP contribution in [0.2, 0.25) is 0 Å². The van der Waals surface area contributed by atoms with Gasteiger partial charge in [-0.15, -0.1) is 0 Å². The molecule has 0 aliphatic carbocycles. The highest BCUT2D eigenvalue weighted by Gasteiger charge is 2.15. The quantitative estimate of drug-likeness (QED) is 0.753. The summed E-state index contributed by atoms with van der Waals surface area (Å²) in [5, 5.41) is 3.97. The molecular formula is C18H18N2O. The van der Waals surface area contributed by atoms with Crippen LogP contribution in [-0.2, 0) is 6.54 Å². The first kappa shape index (κ1) is 13.4. The van der Waals surface area contributed by atoms with Gasteiger partial charge in [0.2, 0.25) is 0 Å². The average molecular weight is 278 g/mol. The highest BCUT2D eigenvalue weighted by molar-refractivity contribution is 6.08. The minimum absolute atomic E-state index is 0.0357. The van der Waals surface area contributed by atoms with E-state index < -0.39 is 0 Å². The van der Waals surface area contributed by atoms with Gasteiger partial charge in [0, 0.05) is 23.1 Å². The number of fused-ring (bicyclic) bond motifs is 1. The van der Waals surface area contributed by atoms with Crippen LogP contribution in [0.5, 0.6) is 0 Å². The molecule has 3 nitrogen and oxygen atoms in total. The van der Waals surface area contributed by atoms with Crippen LogP contribution >= 0.6 is 0 Å². The predicted octanol–water partition coefficient (Wildman–Crippen LogP) is 3.71. The zero-order valence-electron chi connectivity index (χ0n) is 12.2. The highest BCUT2D eigenvalue weighted by atomic mass is 16.1. The summed E-state index contributed by atoms with van der Waals surface area (Å²) in [6.45, 7) is 4.52. The van der Waals surface area contributed by atoms with Crippen LogP contribution in [0.4, 0.5) is 0 Å². The molecule has 3 aromatic rings. The molecule has 2 aromatic carbocycles. The maximum Gasteiger partial charge on any atom is 0.253 e. The van der Waals surface area contributed by atoms with Gasteiger partial charge in [-0.05, 0) is 31.0 Å². The molecule has 0 aliphatic rings. The second kappa shape index (κ2) is 5.44. The Bertz CT molecular complexity index is 788. The minimum atomic E-state index is -0.0357. The average Bonchev–Trinajstić information content (AvgIpc) is 2.81. The lowest BCUT2D eigenvalue weighted by molar-refractivity contribution is 0.0952. The van der Waals surface area contributed by atoms with Gasteiger partial charge < -0.3 is 10.3 Å². The van der Waals surface area contributed by atoms with Crippen molar-refractivity contribution in [3.63, 3.8) is 0 Å². The fourth-order valence-electron chi connectivity index (χ4n) is 2.61. The zero-order valence-corrected chi connectivity index (χ0v) is 12.2. The predicted molar refractivity (Wildman–Crippen MR) is 85.4 cm³/mol. The van der Waals surface area contributed by atoms with Crippen molar-refractivity contribution in [3.05, 3.63) is 70.9 Å². The number of aryl methyl sites for hydroxylation is 2. The normalized spacial score (nSPS) is 10.8. The van der Waals surface area contributed by atoms with Crippen molar-refractivity contribution in [1.82, 2.24) is 10.3 Å². The van der Waals surface area contributed by atoms with Gasteiger partial charge in [-0.2, -0.15) is 0 Å². The van der Waals surface area contributed by atoms with Gasteiger partial charge in [-0.1, -0.05) is 42.5 Å². The van der Waals surface area contributed by atoms with Crippen molar-refractivity contribution >= 4 is 16.8 Å². The third-order valence-electron chi connectivity index (χ3n) is 3.66. The number of H-pyrrole nitrogens is 1. The lowest BCUT2D eigenvalue weighted by atomic mass is 10.1. The molecule has 0 atom stereocenters. The van der Waals surface area contributed by atoms with Crippen molar-refractivity contribution < 1.29 is 4.79 Å². The molecule has 1 aromatic heterocycles. The van der Waals surface area contributed by atoms with Gasteiger partial charge in [-0.3, -0.25) is 4.79 Å². The molecule has 0 bridgehead atoms. The third-order valence-corrected chi connectivity index (χ3v) is 3.66. The van der Waals surface area contributed by atoms with E-state index in [1.54, 1.807) is 0 Å². The van der Waals surface area contributed by atoms with E-state index in [4.69, 9.17) is 0 Å². The van der Waals surface area contributed by atoms with E-state index in [9.17, 15) is 4.79 Å². The Morgan fingerprint density at radius 3 is 2.62 bits per heavy atom. The van der Waals surface area contributed by atoms with E-state index in [0.717, 1.165) is 27.7 Å². The topological polar surface area (TPSA) is 44.9 Å². The Kier molecular flexibility index (Phi) is 3.48. The molecular weight excluding hydrogens is 260 g/mol. The lowest BCUT2D eigenvalue weighted by Gasteiger charge is -2.05. The number of benzene rings is 2. The first-order chi connectivity index (χ1) is 10.1. The van der Waals surface area contributed by atoms with Crippen LogP contribution in [0.3, 0.4) is 0 Å². The SMILES string of the molecule is Cc1ccc2c(C(=O)NCc3ccccc3)c(C)[nH]c2c1. The van der Waals surface area contributed by atoms with E-state index in [2.05, 4.69) is 16.4 Å². The fraction of sp³-hybridized carbons (Fsp3) is 0.167.